The van der Waals surface area contributed by atoms with Crippen molar-refractivity contribution in [2.75, 3.05) is 26.2 Å². The molecule has 0 radical (unpaired) electrons. The second-order valence-electron chi connectivity index (χ2n) is 7.39. The van der Waals surface area contributed by atoms with Crippen molar-refractivity contribution in [3.8, 4) is 0 Å². The van der Waals surface area contributed by atoms with Crippen LogP contribution in [0.25, 0.3) is 0 Å². The minimum atomic E-state index is -0.396. The Kier molecular flexibility index (Phi) is 5.30. The maximum atomic E-state index is 12.1. The van der Waals surface area contributed by atoms with Gasteiger partial charge in [-0.15, -0.1) is 0 Å². The fourth-order valence-electron chi connectivity index (χ4n) is 2.91. The van der Waals surface area contributed by atoms with Crippen LogP contribution in [0.5, 0.6) is 0 Å². The molecule has 2 rings (SSSR count). The average Bonchev–Trinajstić information content (AvgIpc) is 2.30. The Bertz CT molecular complexity index is 321. The highest BCUT2D eigenvalue weighted by Crippen LogP contribution is 2.25. The molecule has 0 aromatic rings. The third-order valence-corrected chi connectivity index (χ3v) is 4.26. The van der Waals surface area contributed by atoms with E-state index in [1.54, 1.807) is 0 Å². The van der Waals surface area contributed by atoms with E-state index >= 15 is 0 Å². The van der Waals surface area contributed by atoms with Gasteiger partial charge < -0.3 is 15.0 Å². The van der Waals surface area contributed by atoms with Gasteiger partial charge in [-0.05, 0) is 71.4 Å². The number of carbonyl (C=O) groups excluding carboxylic acids is 1. The van der Waals surface area contributed by atoms with Crippen molar-refractivity contribution < 1.29 is 9.53 Å². The molecule has 1 saturated heterocycles. The SMILES string of the molecule is CC(C)(C)OC(=O)N1CCCC(CNCC2CCC2)C1. The van der Waals surface area contributed by atoms with E-state index < -0.39 is 5.60 Å². The molecule has 1 unspecified atom stereocenters. The topological polar surface area (TPSA) is 41.6 Å². The van der Waals surface area contributed by atoms with E-state index in [4.69, 9.17) is 4.74 Å². The van der Waals surface area contributed by atoms with Crippen molar-refractivity contribution in [2.24, 2.45) is 11.8 Å². The summed E-state index contributed by atoms with van der Waals surface area (Å²) in [5.74, 6) is 1.48. The van der Waals surface area contributed by atoms with Crippen LogP contribution < -0.4 is 5.32 Å². The van der Waals surface area contributed by atoms with Crippen molar-refractivity contribution in [1.82, 2.24) is 10.2 Å². The number of likely N-dealkylation sites (tertiary alicyclic amines) is 1. The minimum absolute atomic E-state index is 0.152. The third-order valence-electron chi connectivity index (χ3n) is 4.26. The molecular weight excluding hydrogens is 252 g/mol. The molecular formula is C16H30N2O2. The van der Waals surface area contributed by atoms with E-state index in [1.807, 2.05) is 25.7 Å². The van der Waals surface area contributed by atoms with Gasteiger partial charge in [0.15, 0.2) is 0 Å². The number of hydrogen-bond acceptors (Lipinski definition) is 3. The van der Waals surface area contributed by atoms with E-state index in [2.05, 4.69) is 5.32 Å². The molecule has 1 saturated carbocycles. The summed E-state index contributed by atoms with van der Waals surface area (Å²) in [4.78, 5) is 14.0. The summed E-state index contributed by atoms with van der Waals surface area (Å²) in [6.07, 6.45) is 6.35. The normalized spacial score (nSPS) is 24.4. The number of carbonyl (C=O) groups is 1. The summed E-state index contributed by atoms with van der Waals surface area (Å²) < 4.78 is 5.46. The highest BCUT2D eigenvalue weighted by molar-refractivity contribution is 5.68. The number of hydrogen-bond donors (Lipinski definition) is 1. The van der Waals surface area contributed by atoms with Crippen LogP contribution in [-0.2, 0) is 4.74 Å². The standard InChI is InChI=1S/C16H30N2O2/c1-16(2,3)20-15(19)18-9-5-8-14(12-18)11-17-10-13-6-4-7-13/h13-14,17H,4-12H2,1-3H3. The van der Waals surface area contributed by atoms with Crippen LogP contribution in [0.2, 0.25) is 0 Å². The van der Waals surface area contributed by atoms with Gasteiger partial charge in [-0.1, -0.05) is 6.42 Å². The van der Waals surface area contributed by atoms with Crippen LogP contribution in [0.1, 0.15) is 52.9 Å². The van der Waals surface area contributed by atoms with E-state index in [0.29, 0.717) is 5.92 Å². The first-order valence-electron chi connectivity index (χ1n) is 8.13. The lowest BCUT2D eigenvalue weighted by molar-refractivity contribution is 0.0165. The van der Waals surface area contributed by atoms with Crippen molar-refractivity contribution in [3.63, 3.8) is 0 Å². The number of nitrogens with zero attached hydrogens (tertiary/aromatic N) is 1. The van der Waals surface area contributed by atoms with Crippen LogP contribution in [0.3, 0.4) is 0 Å². The summed E-state index contributed by atoms with van der Waals surface area (Å²) in [7, 11) is 0. The largest absolute Gasteiger partial charge is 0.444 e. The molecule has 4 heteroatoms. The van der Waals surface area contributed by atoms with Crippen molar-refractivity contribution in [1.29, 1.82) is 0 Å². The molecule has 1 aliphatic heterocycles. The van der Waals surface area contributed by atoms with Crippen molar-refractivity contribution >= 4 is 6.09 Å². The summed E-state index contributed by atoms with van der Waals surface area (Å²) in [5.41, 5.74) is -0.396. The van der Waals surface area contributed by atoms with Gasteiger partial charge in [0.1, 0.15) is 5.60 Å². The number of nitrogens with one attached hydrogen (secondary N) is 1. The summed E-state index contributed by atoms with van der Waals surface area (Å²) in [6.45, 7) is 9.64. The second-order valence-corrected chi connectivity index (χ2v) is 7.39. The van der Waals surface area contributed by atoms with Crippen LogP contribution in [0.15, 0.2) is 0 Å². The molecule has 1 N–H and O–H groups in total. The maximum Gasteiger partial charge on any atom is 0.410 e. The van der Waals surface area contributed by atoms with E-state index in [9.17, 15) is 4.79 Å². The van der Waals surface area contributed by atoms with Gasteiger partial charge in [-0.25, -0.2) is 4.79 Å². The number of piperidine rings is 1. The summed E-state index contributed by atoms with van der Waals surface area (Å²) in [5, 5.41) is 3.59. The number of amides is 1. The summed E-state index contributed by atoms with van der Waals surface area (Å²) >= 11 is 0. The molecule has 0 aromatic carbocycles. The zero-order valence-electron chi connectivity index (χ0n) is 13.3. The molecule has 2 aliphatic rings. The van der Waals surface area contributed by atoms with Crippen LogP contribution in [0, 0.1) is 11.8 Å². The molecule has 0 bridgehead atoms. The molecule has 0 spiro atoms. The molecule has 2 fully saturated rings. The smallest absolute Gasteiger partial charge is 0.410 e. The third kappa shape index (κ3) is 4.97. The Morgan fingerprint density at radius 2 is 1.80 bits per heavy atom. The number of ether oxygens (including phenoxy) is 1. The monoisotopic (exact) mass is 282 g/mol. The fraction of sp³-hybridized carbons (Fsp3) is 0.938. The molecule has 116 valence electrons. The zero-order valence-corrected chi connectivity index (χ0v) is 13.3. The lowest BCUT2D eigenvalue weighted by atomic mass is 9.85. The van der Waals surface area contributed by atoms with E-state index in [1.165, 1.54) is 25.7 Å². The molecule has 1 aliphatic carbocycles. The molecule has 0 aromatic heterocycles. The van der Waals surface area contributed by atoms with E-state index in [0.717, 1.165) is 38.5 Å². The highest BCUT2D eigenvalue weighted by Gasteiger charge is 2.27. The highest BCUT2D eigenvalue weighted by atomic mass is 16.6. The molecule has 20 heavy (non-hydrogen) atoms. The Labute approximate surface area is 123 Å². The molecule has 4 nitrogen and oxygen atoms in total. The first-order valence-corrected chi connectivity index (χ1v) is 8.13. The van der Waals surface area contributed by atoms with Gasteiger partial charge in [-0.2, -0.15) is 0 Å². The first kappa shape index (κ1) is 15.6. The van der Waals surface area contributed by atoms with Gasteiger partial charge in [0.2, 0.25) is 0 Å². The second kappa shape index (κ2) is 6.79. The van der Waals surface area contributed by atoms with Gasteiger partial charge >= 0.3 is 6.09 Å². The summed E-state index contributed by atoms with van der Waals surface area (Å²) in [6, 6.07) is 0. The predicted molar refractivity (Wildman–Crippen MR) is 80.7 cm³/mol. The predicted octanol–water partition coefficient (Wildman–Crippen LogP) is 3.02. The zero-order chi connectivity index (χ0) is 14.6. The Hall–Kier alpha value is -0.770. The minimum Gasteiger partial charge on any atom is -0.444 e. The van der Waals surface area contributed by atoms with Crippen LogP contribution >= 0.6 is 0 Å². The molecule has 1 atom stereocenters. The van der Waals surface area contributed by atoms with Gasteiger partial charge in [0, 0.05) is 13.1 Å². The Balaban J connectivity index is 1.69. The van der Waals surface area contributed by atoms with Crippen molar-refractivity contribution in [3.05, 3.63) is 0 Å². The van der Waals surface area contributed by atoms with Crippen LogP contribution in [0.4, 0.5) is 4.79 Å². The Morgan fingerprint density at radius 1 is 1.15 bits per heavy atom. The maximum absolute atomic E-state index is 12.1. The first-order chi connectivity index (χ1) is 9.44. The molecule has 1 amide bonds. The van der Waals surface area contributed by atoms with Crippen LogP contribution in [-0.4, -0.2) is 42.8 Å². The lowest BCUT2D eigenvalue weighted by Gasteiger charge is -2.34. The van der Waals surface area contributed by atoms with E-state index in [-0.39, 0.29) is 6.09 Å². The lowest BCUT2D eigenvalue weighted by Crippen LogP contribution is -2.45. The fourth-order valence-corrected chi connectivity index (χ4v) is 2.91. The van der Waals surface area contributed by atoms with Gasteiger partial charge in [0.05, 0.1) is 0 Å². The number of rotatable bonds is 4. The molecule has 1 heterocycles. The van der Waals surface area contributed by atoms with Gasteiger partial charge in [-0.3, -0.25) is 0 Å². The average molecular weight is 282 g/mol. The van der Waals surface area contributed by atoms with Gasteiger partial charge in [0.25, 0.3) is 0 Å². The Morgan fingerprint density at radius 3 is 2.40 bits per heavy atom. The quantitative estimate of drug-likeness (QED) is 0.862. The van der Waals surface area contributed by atoms with Crippen molar-refractivity contribution in [2.45, 2.75) is 58.5 Å².